The molecule has 6 heterocycles. The number of aliphatic carboxylic acids is 1. The predicted molar refractivity (Wildman–Crippen MR) is 208 cm³/mol. The molecule has 1 saturated carbocycles. The Labute approximate surface area is 323 Å². The third-order valence-corrected chi connectivity index (χ3v) is 13.9. The summed E-state index contributed by atoms with van der Waals surface area (Å²) in [4.78, 5) is 20.3. The fraction of sp³-hybridized carbons (Fsp3) is 0.561. The standard InChI is InChI=1S/C41H53N7O6S/c1-25-10-11-30(34(40(5,6)39(49)50)32-14-17-48-36(28(32)4)44-45-37(48)29-12-13-29)19-31(25)21-47-22-41(23-53-24-41)54-38-33(55(47,51)52)18-26(2)35(43-38)42-27(3)20-46-15-8-7-9-16-46/h10-11,14,17-19,27,29,34H,7-9,12-13,15-16,20-24H2,1-6H3,(H,42,43)(H,49,50)/t27-,34+/m0/s1. The van der Waals surface area contributed by atoms with Crippen molar-refractivity contribution in [1.29, 1.82) is 0 Å². The topological polar surface area (TPSA) is 151 Å². The lowest BCUT2D eigenvalue weighted by atomic mass is 9.70. The van der Waals surface area contributed by atoms with Crippen molar-refractivity contribution >= 4 is 27.5 Å². The summed E-state index contributed by atoms with van der Waals surface area (Å²) < 4.78 is 45.0. The van der Waals surface area contributed by atoms with E-state index in [1.807, 2.05) is 55.6 Å². The summed E-state index contributed by atoms with van der Waals surface area (Å²) >= 11 is 0. The number of nitrogens with zero attached hydrogens (tertiary/aromatic N) is 6. The molecule has 0 unspecified atom stereocenters. The van der Waals surface area contributed by atoms with Crippen LogP contribution in [-0.2, 0) is 26.1 Å². The number of piperidine rings is 1. The number of benzene rings is 1. The maximum absolute atomic E-state index is 14.7. The predicted octanol–water partition coefficient (Wildman–Crippen LogP) is 5.81. The first-order chi connectivity index (χ1) is 26.2. The number of aryl methyl sites for hydroxylation is 3. The molecule has 0 radical (unpaired) electrons. The molecule has 4 aliphatic rings. The molecule has 4 aromatic rings. The molecule has 1 aromatic carbocycles. The number of nitrogens with one attached hydrogen (secondary N) is 1. The van der Waals surface area contributed by atoms with E-state index in [2.05, 4.69) is 27.3 Å². The molecule has 3 aromatic heterocycles. The van der Waals surface area contributed by atoms with E-state index in [1.54, 1.807) is 19.9 Å². The van der Waals surface area contributed by atoms with Crippen LogP contribution >= 0.6 is 0 Å². The lowest BCUT2D eigenvalue weighted by molar-refractivity contribution is -0.166. The van der Waals surface area contributed by atoms with Crippen molar-refractivity contribution in [1.82, 2.24) is 28.8 Å². The van der Waals surface area contributed by atoms with E-state index in [1.165, 1.54) is 23.6 Å². The number of hydrogen-bond donors (Lipinski definition) is 2. The molecule has 3 fully saturated rings. The van der Waals surface area contributed by atoms with Crippen LogP contribution in [0.3, 0.4) is 0 Å². The Morgan fingerprint density at radius 1 is 1.05 bits per heavy atom. The van der Waals surface area contributed by atoms with Gasteiger partial charge in [0.25, 0.3) is 0 Å². The molecule has 2 N–H and O–H groups in total. The SMILES string of the molecule is Cc1ccc([C@H](c2ccn3c(C4CC4)nnc3c2C)C(C)(C)C(=O)O)cc1CN1CC2(COC2)Oc2nc(N[C@@H](C)CN3CCCCC3)c(C)cc2S1(=O)=O. The highest BCUT2D eigenvalue weighted by molar-refractivity contribution is 7.89. The molecule has 3 aliphatic heterocycles. The van der Waals surface area contributed by atoms with E-state index >= 15 is 0 Å². The third-order valence-electron chi connectivity index (χ3n) is 12.1. The summed E-state index contributed by atoms with van der Waals surface area (Å²) in [5.41, 5.74) is 3.50. The first-order valence-corrected chi connectivity index (χ1v) is 21.1. The second-order valence-electron chi connectivity index (χ2n) is 17.0. The Balaban J connectivity index is 1.13. The van der Waals surface area contributed by atoms with Crippen molar-refractivity contribution in [2.24, 2.45) is 5.41 Å². The van der Waals surface area contributed by atoms with Crippen molar-refractivity contribution in [3.8, 4) is 5.88 Å². The van der Waals surface area contributed by atoms with Gasteiger partial charge in [0.1, 0.15) is 16.5 Å². The lowest BCUT2D eigenvalue weighted by Crippen LogP contribution is -2.60. The van der Waals surface area contributed by atoms with Gasteiger partial charge in [-0.1, -0.05) is 24.6 Å². The van der Waals surface area contributed by atoms with Gasteiger partial charge in [0.05, 0.1) is 25.2 Å². The van der Waals surface area contributed by atoms with Crippen LogP contribution in [0.2, 0.25) is 0 Å². The molecule has 0 amide bonds. The third kappa shape index (κ3) is 7.00. The summed E-state index contributed by atoms with van der Waals surface area (Å²) in [6.45, 7) is 15.1. The van der Waals surface area contributed by atoms with Crippen LogP contribution in [0.5, 0.6) is 5.88 Å². The van der Waals surface area contributed by atoms with Crippen LogP contribution in [0.15, 0.2) is 41.4 Å². The quantitative estimate of drug-likeness (QED) is 0.190. The molecule has 2 atom stereocenters. The molecular weight excluding hydrogens is 719 g/mol. The van der Waals surface area contributed by atoms with Crippen LogP contribution in [0.4, 0.5) is 5.82 Å². The Hall–Kier alpha value is -4.11. The van der Waals surface area contributed by atoms with Crippen LogP contribution in [0.25, 0.3) is 5.65 Å². The molecular formula is C41H53N7O6S. The highest BCUT2D eigenvalue weighted by Gasteiger charge is 2.50. The zero-order valence-corrected chi connectivity index (χ0v) is 33.6. The summed E-state index contributed by atoms with van der Waals surface area (Å²) in [5.74, 6) is 0.536. The molecule has 0 bridgehead atoms. The minimum absolute atomic E-state index is 0.0319. The fourth-order valence-corrected chi connectivity index (χ4v) is 10.2. The number of anilines is 1. The minimum atomic E-state index is -4.09. The summed E-state index contributed by atoms with van der Waals surface area (Å²) in [6, 6.07) is 9.66. The molecule has 13 nitrogen and oxygen atoms in total. The van der Waals surface area contributed by atoms with E-state index in [4.69, 9.17) is 14.5 Å². The van der Waals surface area contributed by atoms with Gasteiger partial charge in [-0.3, -0.25) is 9.20 Å². The lowest BCUT2D eigenvalue weighted by Gasteiger charge is -2.41. The van der Waals surface area contributed by atoms with Gasteiger partial charge in [-0.2, -0.15) is 9.29 Å². The minimum Gasteiger partial charge on any atom is -0.481 e. The molecule has 2 saturated heterocycles. The maximum atomic E-state index is 14.7. The number of likely N-dealkylation sites (tertiary alicyclic amines) is 1. The van der Waals surface area contributed by atoms with Gasteiger partial charge in [-0.05, 0) is 126 Å². The van der Waals surface area contributed by atoms with Crippen LogP contribution in [0, 0.1) is 26.2 Å². The van der Waals surface area contributed by atoms with E-state index < -0.39 is 32.9 Å². The highest BCUT2D eigenvalue weighted by Crippen LogP contribution is 2.45. The largest absolute Gasteiger partial charge is 0.481 e. The first-order valence-electron chi connectivity index (χ1n) is 19.6. The highest BCUT2D eigenvalue weighted by atomic mass is 32.2. The Bertz CT molecular complexity index is 2240. The van der Waals surface area contributed by atoms with E-state index in [-0.39, 0.29) is 43.1 Å². The van der Waals surface area contributed by atoms with E-state index in [9.17, 15) is 18.3 Å². The number of rotatable bonds is 11. The summed E-state index contributed by atoms with van der Waals surface area (Å²) in [5, 5.41) is 23.1. The van der Waals surface area contributed by atoms with E-state index in [0.717, 1.165) is 77.3 Å². The van der Waals surface area contributed by atoms with Gasteiger partial charge in [0, 0.05) is 37.2 Å². The molecule has 294 valence electrons. The smallest absolute Gasteiger partial charge is 0.310 e. The number of carboxylic acids is 1. The zero-order chi connectivity index (χ0) is 38.9. The number of hydrogen-bond acceptors (Lipinski definition) is 10. The summed E-state index contributed by atoms with van der Waals surface area (Å²) in [7, 11) is -4.09. The van der Waals surface area contributed by atoms with Crippen molar-refractivity contribution < 1.29 is 27.8 Å². The van der Waals surface area contributed by atoms with E-state index in [0.29, 0.717) is 11.7 Å². The second kappa shape index (κ2) is 14.1. The van der Waals surface area contributed by atoms with Crippen LogP contribution in [0.1, 0.15) is 104 Å². The average molecular weight is 772 g/mol. The normalized spacial score (nSPS) is 21.0. The van der Waals surface area contributed by atoms with Gasteiger partial charge >= 0.3 is 5.97 Å². The number of pyridine rings is 2. The second-order valence-corrected chi connectivity index (χ2v) is 18.9. The number of aromatic nitrogens is 4. The number of sulfonamides is 1. The monoisotopic (exact) mass is 771 g/mol. The maximum Gasteiger partial charge on any atom is 0.310 e. The number of carbonyl (C=O) groups is 1. The van der Waals surface area contributed by atoms with Gasteiger partial charge in [-0.15, -0.1) is 10.2 Å². The Morgan fingerprint density at radius 2 is 1.80 bits per heavy atom. The van der Waals surface area contributed by atoms with Crippen LogP contribution < -0.4 is 10.1 Å². The van der Waals surface area contributed by atoms with Crippen LogP contribution in [-0.4, -0.2) is 99.3 Å². The molecule has 55 heavy (non-hydrogen) atoms. The van der Waals surface area contributed by atoms with Crippen molar-refractivity contribution in [3.05, 3.63) is 75.7 Å². The van der Waals surface area contributed by atoms with Crippen molar-refractivity contribution in [3.63, 3.8) is 0 Å². The molecule has 8 rings (SSSR count). The molecule has 14 heteroatoms. The van der Waals surface area contributed by atoms with Gasteiger partial charge < -0.3 is 24.8 Å². The van der Waals surface area contributed by atoms with Gasteiger partial charge in [0.2, 0.25) is 15.9 Å². The Morgan fingerprint density at radius 3 is 2.47 bits per heavy atom. The van der Waals surface area contributed by atoms with Gasteiger partial charge in [0.15, 0.2) is 11.2 Å². The van der Waals surface area contributed by atoms with Crippen molar-refractivity contribution in [2.45, 2.75) is 109 Å². The zero-order valence-electron chi connectivity index (χ0n) is 32.8. The van der Waals surface area contributed by atoms with Crippen molar-refractivity contribution in [2.75, 3.05) is 44.7 Å². The molecule has 1 aliphatic carbocycles. The Kier molecular flexibility index (Phi) is 9.71. The number of ether oxygens (including phenoxy) is 2. The number of fused-ring (bicyclic) bond motifs is 2. The van der Waals surface area contributed by atoms with Gasteiger partial charge in [-0.25, -0.2) is 8.42 Å². The summed E-state index contributed by atoms with van der Waals surface area (Å²) in [6.07, 6.45) is 7.83. The average Bonchev–Trinajstić information content (AvgIpc) is 3.89. The number of carboxylic acid groups (broad SMARTS) is 1. The first kappa shape index (κ1) is 37.8. The molecule has 1 spiro atoms. The fourth-order valence-electron chi connectivity index (χ4n) is 8.57.